The summed E-state index contributed by atoms with van der Waals surface area (Å²) in [6.07, 6.45) is 0. The Kier molecular flexibility index (Phi) is 4.50. The number of nitrogens with one attached hydrogen (secondary N) is 1. The zero-order chi connectivity index (χ0) is 13.7. The van der Waals surface area contributed by atoms with Crippen molar-refractivity contribution in [3.05, 3.63) is 28.8 Å². The standard InChI is InChI=1S/C10H10ClN3O4/c11-6-3-5(1-2-7(6)12)9(16)18-4-8(15)14-10(13)17/h1-3H,4,12H2,(H3,13,14,15,17). The van der Waals surface area contributed by atoms with Crippen LogP contribution in [0.25, 0.3) is 0 Å². The lowest BCUT2D eigenvalue weighted by molar-refractivity contribution is -0.123. The number of esters is 1. The Balaban J connectivity index is 2.58. The molecule has 0 saturated carbocycles. The topological polar surface area (TPSA) is 125 Å². The van der Waals surface area contributed by atoms with Gasteiger partial charge in [0.2, 0.25) is 0 Å². The number of amides is 3. The van der Waals surface area contributed by atoms with Gasteiger partial charge in [0, 0.05) is 0 Å². The quantitative estimate of drug-likeness (QED) is 0.538. The van der Waals surface area contributed by atoms with Crippen molar-refractivity contribution < 1.29 is 19.1 Å². The lowest BCUT2D eigenvalue weighted by Gasteiger charge is -2.05. The van der Waals surface area contributed by atoms with Crippen molar-refractivity contribution in [2.75, 3.05) is 12.3 Å². The third kappa shape index (κ3) is 3.95. The zero-order valence-corrected chi connectivity index (χ0v) is 9.86. The minimum Gasteiger partial charge on any atom is -0.452 e. The first-order chi connectivity index (χ1) is 8.40. The first kappa shape index (κ1) is 13.8. The molecule has 3 amide bonds. The molecule has 0 saturated heterocycles. The van der Waals surface area contributed by atoms with Crippen molar-refractivity contribution in [3.8, 4) is 0 Å². The maximum atomic E-state index is 11.5. The van der Waals surface area contributed by atoms with E-state index in [0.717, 1.165) is 0 Å². The number of halogens is 1. The molecule has 0 fully saturated rings. The number of anilines is 1. The molecule has 0 unspecified atom stereocenters. The molecule has 0 bridgehead atoms. The summed E-state index contributed by atoms with van der Waals surface area (Å²) in [6.45, 7) is -0.621. The molecule has 96 valence electrons. The first-order valence-corrected chi connectivity index (χ1v) is 5.09. The Hall–Kier alpha value is -2.28. The summed E-state index contributed by atoms with van der Waals surface area (Å²) in [7, 11) is 0. The second kappa shape index (κ2) is 5.87. The van der Waals surface area contributed by atoms with Crippen molar-refractivity contribution >= 4 is 35.2 Å². The van der Waals surface area contributed by atoms with Gasteiger partial charge in [0.15, 0.2) is 6.61 Å². The number of benzene rings is 1. The van der Waals surface area contributed by atoms with E-state index in [1.807, 2.05) is 0 Å². The van der Waals surface area contributed by atoms with Crippen LogP contribution in [0, 0.1) is 0 Å². The summed E-state index contributed by atoms with van der Waals surface area (Å²) in [5.74, 6) is -1.59. The summed E-state index contributed by atoms with van der Waals surface area (Å²) in [5, 5.41) is 1.95. The van der Waals surface area contributed by atoms with Crippen LogP contribution in [0.5, 0.6) is 0 Å². The van der Waals surface area contributed by atoms with Gasteiger partial charge in [-0.2, -0.15) is 0 Å². The number of hydrogen-bond acceptors (Lipinski definition) is 5. The average molecular weight is 272 g/mol. The van der Waals surface area contributed by atoms with Gasteiger partial charge in [0.1, 0.15) is 0 Å². The number of primary amides is 1. The molecule has 0 spiro atoms. The van der Waals surface area contributed by atoms with Gasteiger partial charge in [-0.25, -0.2) is 9.59 Å². The van der Waals surface area contributed by atoms with Crippen LogP contribution in [0.3, 0.4) is 0 Å². The Bertz CT molecular complexity index is 504. The van der Waals surface area contributed by atoms with Gasteiger partial charge < -0.3 is 16.2 Å². The van der Waals surface area contributed by atoms with Crippen molar-refractivity contribution in [1.29, 1.82) is 0 Å². The fourth-order valence-corrected chi connectivity index (χ4v) is 1.22. The normalized spacial score (nSPS) is 9.61. The number of hydrogen-bond donors (Lipinski definition) is 3. The van der Waals surface area contributed by atoms with Crippen LogP contribution in [0.1, 0.15) is 10.4 Å². The molecule has 1 aromatic carbocycles. The fraction of sp³-hybridized carbons (Fsp3) is 0.100. The van der Waals surface area contributed by atoms with Gasteiger partial charge in [0.25, 0.3) is 5.91 Å². The van der Waals surface area contributed by atoms with Gasteiger partial charge in [-0.1, -0.05) is 11.6 Å². The lowest BCUT2D eigenvalue weighted by Crippen LogP contribution is -2.37. The third-order valence-corrected chi connectivity index (χ3v) is 2.16. The highest BCUT2D eigenvalue weighted by Gasteiger charge is 2.12. The Labute approximate surface area is 107 Å². The molecule has 1 aromatic rings. The molecule has 0 aromatic heterocycles. The van der Waals surface area contributed by atoms with E-state index in [0.29, 0.717) is 5.69 Å². The Morgan fingerprint density at radius 3 is 2.56 bits per heavy atom. The van der Waals surface area contributed by atoms with E-state index < -0.39 is 24.5 Å². The second-order valence-electron chi connectivity index (χ2n) is 3.22. The molecule has 0 atom stereocenters. The van der Waals surface area contributed by atoms with Crippen molar-refractivity contribution in [2.24, 2.45) is 5.73 Å². The summed E-state index contributed by atoms with van der Waals surface area (Å²) in [4.78, 5) is 32.8. The number of carbonyl (C=O) groups excluding carboxylic acids is 3. The van der Waals surface area contributed by atoms with Crippen LogP contribution in [-0.4, -0.2) is 24.5 Å². The molecule has 8 heteroatoms. The van der Waals surface area contributed by atoms with E-state index in [9.17, 15) is 14.4 Å². The molecule has 0 aliphatic carbocycles. The third-order valence-electron chi connectivity index (χ3n) is 1.83. The van der Waals surface area contributed by atoms with Crippen molar-refractivity contribution in [2.45, 2.75) is 0 Å². The number of nitrogens with two attached hydrogens (primary N) is 2. The number of ether oxygens (including phenoxy) is 1. The number of rotatable bonds is 3. The minimum atomic E-state index is -1.02. The summed E-state index contributed by atoms with van der Waals surface area (Å²) < 4.78 is 4.63. The summed E-state index contributed by atoms with van der Waals surface area (Å²) >= 11 is 5.72. The molecule has 0 radical (unpaired) electrons. The van der Waals surface area contributed by atoms with E-state index in [4.69, 9.17) is 23.1 Å². The largest absolute Gasteiger partial charge is 0.452 e. The van der Waals surface area contributed by atoms with Gasteiger partial charge in [-0.15, -0.1) is 0 Å². The van der Waals surface area contributed by atoms with Gasteiger partial charge in [0.05, 0.1) is 16.3 Å². The van der Waals surface area contributed by atoms with E-state index in [-0.39, 0.29) is 10.6 Å². The van der Waals surface area contributed by atoms with Crippen LogP contribution >= 0.6 is 11.6 Å². The lowest BCUT2D eigenvalue weighted by atomic mass is 10.2. The monoisotopic (exact) mass is 271 g/mol. The molecule has 18 heavy (non-hydrogen) atoms. The van der Waals surface area contributed by atoms with Crippen molar-refractivity contribution in [1.82, 2.24) is 5.32 Å². The van der Waals surface area contributed by atoms with Crippen LogP contribution in [0.4, 0.5) is 10.5 Å². The number of nitrogen functional groups attached to an aromatic ring is 1. The zero-order valence-electron chi connectivity index (χ0n) is 9.10. The highest BCUT2D eigenvalue weighted by Crippen LogP contribution is 2.19. The second-order valence-corrected chi connectivity index (χ2v) is 3.63. The highest BCUT2D eigenvalue weighted by molar-refractivity contribution is 6.33. The van der Waals surface area contributed by atoms with E-state index in [1.165, 1.54) is 18.2 Å². The molecule has 1 rings (SSSR count). The molecule has 0 heterocycles. The SMILES string of the molecule is NC(=O)NC(=O)COC(=O)c1ccc(N)c(Cl)c1. The van der Waals surface area contributed by atoms with Gasteiger partial charge in [-0.3, -0.25) is 10.1 Å². The maximum absolute atomic E-state index is 11.5. The predicted octanol–water partition coefficient (Wildman–Crippen LogP) is 0.274. The molecular formula is C10H10ClN3O4. The average Bonchev–Trinajstić information content (AvgIpc) is 2.28. The molecule has 7 nitrogen and oxygen atoms in total. The van der Waals surface area contributed by atoms with E-state index >= 15 is 0 Å². The van der Waals surface area contributed by atoms with Gasteiger partial charge in [-0.05, 0) is 18.2 Å². The Morgan fingerprint density at radius 1 is 1.33 bits per heavy atom. The van der Waals surface area contributed by atoms with Crippen LogP contribution in [0.2, 0.25) is 5.02 Å². The Morgan fingerprint density at radius 2 is 2.00 bits per heavy atom. The number of carbonyl (C=O) groups is 3. The number of imide groups is 1. The predicted molar refractivity (Wildman–Crippen MR) is 63.9 cm³/mol. The van der Waals surface area contributed by atoms with Crippen molar-refractivity contribution in [3.63, 3.8) is 0 Å². The smallest absolute Gasteiger partial charge is 0.338 e. The summed E-state index contributed by atoms with van der Waals surface area (Å²) in [6, 6.07) is 3.12. The van der Waals surface area contributed by atoms with Gasteiger partial charge >= 0.3 is 12.0 Å². The van der Waals surface area contributed by atoms with Crippen LogP contribution in [-0.2, 0) is 9.53 Å². The molecule has 0 aliphatic heterocycles. The van der Waals surface area contributed by atoms with Crippen LogP contribution in [0.15, 0.2) is 18.2 Å². The maximum Gasteiger partial charge on any atom is 0.338 e. The number of urea groups is 1. The first-order valence-electron chi connectivity index (χ1n) is 4.71. The molecule has 0 aliphatic rings. The molecular weight excluding hydrogens is 262 g/mol. The van der Waals surface area contributed by atoms with Crippen LogP contribution < -0.4 is 16.8 Å². The summed E-state index contributed by atoms with van der Waals surface area (Å²) in [5.41, 5.74) is 10.6. The van der Waals surface area contributed by atoms with E-state index in [1.54, 1.807) is 5.32 Å². The minimum absolute atomic E-state index is 0.140. The fourth-order valence-electron chi connectivity index (χ4n) is 1.04. The van der Waals surface area contributed by atoms with E-state index in [2.05, 4.69) is 4.74 Å². The molecule has 5 N–H and O–H groups in total. The highest BCUT2D eigenvalue weighted by atomic mass is 35.5.